The number of aliphatic carboxylic acids is 1. The molecule has 0 aromatic heterocycles. The zero-order valence-electron chi connectivity index (χ0n) is 7.90. The standard InChI is InChI=1S/C8H11N3O4/c1-2-3-11(5-7(13)14)8(15)10-4-6(9)12/h1H,3-5H2,(H2,9,12)(H,10,15)(H,13,14). The molecular weight excluding hydrogens is 202 g/mol. The van der Waals surface area contributed by atoms with Gasteiger partial charge in [-0.1, -0.05) is 5.92 Å². The number of terminal acetylenes is 1. The third kappa shape index (κ3) is 5.93. The molecule has 0 saturated carbocycles. The molecule has 0 unspecified atom stereocenters. The molecule has 0 aliphatic rings. The number of hydrogen-bond donors (Lipinski definition) is 3. The van der Waals surface area contributed by atoms with Gasteiger partial charge in [-0.25, -0.2) is 4.79 Å². The van der Waals surface area contributed by atoms with E-state index in [1.54, 1.807) is 0 Å². The maximum absolute atomic E-state index is 11.2. The lowest BCUT2D eigenvalue weighted by Crippen LogP contribution is -2.45. The van der Waals surface area contributed by atoms with Gasteiger partial charge < -0.3 is 21.1 Å². The van der Waals surface area contributed by atoms with E-state index in [4.69, 9.17) is 17.3 Å². The van der Waals surface area contributed by atoms with Gasteiger partial charge in [-0.05, 0) is 0 Å². The monoisotopic (exact) mass is 213 g/mol. The summed E-state index contributed by atoms with van der Waals surface area (Å²) >= 11 is 0. The second kappa shape index (κ2) is 6.26. The van der Waals surface area contributed by atoms with Gasteiger partial charge in [0.1, 0.15) is 6.54 Å². The highest BCUT2D eigenvalue weighted by molar-refractivity contribution is 5.84. The molecule has 0 spiro atoms. The van der Waals surface area contributed by atoms with Crippen LogP contribution in [-0.4, -0.2) is 47.5 Å². The first-order chi connectivity index (χ1) is 6.97. The number of nitrogens with zero attached hydrogens (tertiary/aromatic N) is 1. The van der Waals surface area contributed by atoms with Crippen molar-refractivity contribution in [1.82, 2.24) is 10.2 Å². The summed E-state index contributed by atoms with van der Waals surface area (Å²) in [7, 11) is 0. The Hall–Kier alpha value is -2.23. The molecule has 4 N–H and O–H groups in total. The van der Waals surface area contributed by atoms with Crippen LogP contribution in [0.4, 0.5) is 4.79 Å². The number of rotatable bonds is 5. The Morgan fingerprint density at radius 1 is 1.47 bits per heavy atom. The fourth-order valence-corrected chi connectivity index (χ4v) is 0.748. The van der Waals surface area contributed by atoms with E-state index in [1.165, 1.54) is 0 Å². The minimum Gasteiger partial charge on any atom is -0.480 e. The van der Waals surface area contributed by atoms with Gasteiger partial charge in [0.2, 0.25) is 5.91 Å². The molecule has 7 heteroatoms. The molecule has 0 fully saturated rings. The molecule has 0 saturated heterocycles. The Balaban J connectivity index is 4.23. The van der Waals surface area contributed by atoms with E-state index < -0.39 is 24.5 Å². The number of nitrogens with two attached hydrogens (primary N) is 1. The highest BCUT2D eigenvalue weighted by atomic mass is 16.4. The van der Waals surface area contributed by atoms with E-state index in [1.807, 2.05) is 0 Å². The van der Waals surface area contributed by atoms with Crippen molar-refractivity contribution < 1.29 is 19.5 Å². The maximum atomic E-state index is 11.2. The molecule has 0 heterocycles. The molecule has 15 heavy (non-hydrogen) atoms. The molecule has 0 rings (SSSR count). The van der Waals surface area contributed by atoms with E-state index >= 15 is 0 Å². The van der Waals surface area contributed by atoms with Crippen LogP contribution in [0.5, 0.6) is 0 Å². The molecule has 0 aliphatic carbocycles. The average molecular weight is 213 g/mol. The number of carboxylic acid groups (broad SMARTS) is 1. The Morgan fingerprint density at radius 2 is 2.07 bits per heavy atom. The summed E-state index contributed by atoms with van der Waals surface area (Å²) in [4.78, 5) is 32.8. The van der Waals surface area contributed by atoms with Gasteiger partial charge in [-0.3, -0.25) is 9.59 Å². The fourth-order valence-electron chi connectivity index (χ4n) is 0.748. The number of hydrogen-bond acceptors (Lipinski definition) is 3. The predicted octanol–water partition coefficient (Wildman–Crippen LogP) is -1.80. The first-order valence-corrected chi connectivity index (χ1v) is 3.93. The molecule has 0 aliphatic heterocycles. The minimum absolute atomic E-state index is 0.156. The first kappa shape index (κ1) is 12.8. The second-order valence-electron chi connectivity index (χ2n) is 2.58. The van der Waals surface area contributed by atoms with Crippen LogP contribution < -0.4 is 11.1 Å². The quantitative estimate of drug-likeness (QED) is 0.467. The molecule has 0 aromatic rings. The highest BCUT2D eigenvalue weighted by Crippen LogP contribution is 1.88. The highest BCUT2D eigenvalue weighted by Gasteiger charge is 2.15. The normalized spacial score (nSPS) is 8.73. The first-order valence-electron chi connectivity index (χ1n) is 3.93. The predicted molar refractivity (Wildman–Crippen MR) is 50.6 cm³/mol. The molecular formula is C8H11N3O4. The van der Waals surface area contributed by atoms with Crippen LogP contribution >= 0.6 is 0 Å². The Labute approximate surface area is 86.2 Å². The lowest BCUT2D eigenvalue weighted by Gasteiger charge is -2.17. The molecule has 0 radical (unpaired) electrons. The largest absolute Gasteiger partial charge is 0.480 e. The third-order valence-electron chi connectivity index (χ3n) is 1.31. The van der Waals surface area contributed by atoms with Gasteiger partial charge in [-0.15, -0.1) is 6.42 Å². The second-order valence-corrected chi connectivity index (χ2v) is 2.58. The van der Waals surface area contributed by atoms with Crippen LogP contribution in [-0.2, 0) is 9.59 Å². The summed E-state index contributed by atoms with van der Waals surface area (Å²) in [6.45, 7) is -1.05. The minimum atomic E-state index is -1.19. The zero-order valence-corrected chi connectivity index (χ0v) is 7.90. The number of nitrogens with one attached hydrogen (secondary N) is 1. The lowest BCUT2D eigenvalue weighted by atomic mass is 10.5. The number of primary amides is 1. The molecule has 82 valence electrons. The number of carbonyl (C=O) groups is 3. The summed E-state index contributed by atoms with van der Waals surface area (Å²) in [5.74, 6) is 0.210. The van der Waals surface area contributed by atoms with Crippen LogP contribution in [0.15, 0.2) is 0 Å². The maximum Gasteiger partial charge on any atom is 0.323 e. The van der Waals surface area contributed by atoms with Crippen LogP contribution in [0.1, 0.15) is 0 Å². The van der Waals surface area contributed by atoms with E-state index in [2.05, 4.69) is 11.2 Å². The van der Waals surface area contributed by atoms with Gasteiger partial charge in [0, 0.05) is 0 Å². The van der Waals surface area contributed by atoms with Crippen molar-refractivity contribution in [3.8, 4) is 12.3 Å². The molecule has 0 bridgehead atoms. The van der Waals surface area contributed by atoms with Crippen molar-refractivity contribution >= 4 is 17.9 Å². The van der Waals surface area contributed by atoms with Crippen LogP contribution in [0, 0.1) is 12.3 Å². The van der Waals surface area contributed by atoms with E-state index in [9.17, 15) is 14.4 Å². The SMILES string of the molecule is C#CCN(CC(=O)O)C(=O)NCC(N)=O. The Morgan fingerprint density at radius 3 is 2.47 bits per heavy atom. The Bertz CT molecular complexity index is 307. The molecule has 0 atom stereocenters. The van der Waals surface area contributed by atoms with Gasteiger partial charge in [-0.2, -0.15) is 0 Å². The fraction of sp³-hybridized carbons (Fsp3) is 0.375. The van der Waals surface area contributed by atoms with E-state index in [0.717, 1.165) is 4.90 Å². The van der Waals surface area contributed by atoms with Gasteiger partial charge in [0.05, 0.1) is 13.1 Å². The summed E-state index contributed by atoms with van der Waals surface area (Å²) in [6, 6.07) is -0.742. The van der Waals surface area contributed by atoms with Gasteiger partial charge in [0.15, 0.2) is 0 Å². The zero-order chi connectivity index (χ0) is 11.8. The summed E-state index contributed by atoms with van der Waals surface area (Å²) < 4.78 is 0. The van der Waals surface area contributed by atoms with E-state index in [0.29, 0.717) is 0 Å². The van der Waals surface area contributed by atoms with Crippen molar-refractivity contribution in [3.63, 3.8) is 0 Å². The third-order valence-corrected chi connectivity index (χ3v) is 1.31. The van der Waals surface area contributed by atoms with Crippen LogP contribution in [0.25, 0.3) is 0 Å². The number of carboxylic acids is 1. The Kier molecular flexibility index (Phi) is 5.33. The number of amides is 3. The van der Waals surface area contributed by atoms with Crippen molar-refractivity contribution in [2.45, 2.75) is 0 Å². The number of urea groups is 1. The smallest absolute Gasteiger partial charge is 0.323 e. The molecule has 7 nitrogen and oxygen atoms in total. The van der Waals surface area contributed by atoms with Gasteiger partial charge in [0.25, 0.3) is 0 Å². The summed E-state index contributed by atoms with van der Waals surface area (Å²) in [6.07, 6.45) is 4.94. The summed E-state index contributed by atoms with van der Waals surface area (Å²) in [5.41, 5.74) is 4.79. The topological polar surface area (TPSA) is 113 Å². The lowest BCUT2D eigenvalue weighted by molar-refractivity contribution is -0.137. The molecule has 3 amide bonds. The van der Waals surface area contributed by atoms with Crippen molar-refractivity contribution in [3.05, 3.63) is 0 Å². The van der Waals surface area contributed by atoms with Gasteiger partial charge >= 0.3 is 12.0 Å². The van der Waals surface area contributed by atoms with E-state index in [-0.39, 0.29) is 13.1 Å². The van der Waals surface area contributed by atoms with Crippen molar-refractivity contribution in [2.75, 3.05) is 19.6 Å². The average Bonchev–Trinajstić information content (AvgIpc) is 2.12. The summed E-state index contributed by atoms with van der Waals surface area (Å²) in [5, 5.41) is 10.6. The number of carbonyl (C=O) groups excluding carboxylic acids is 2. The van der Waals surface area contributed by atoms with Crippen LogP contribution in [0.2, 0.25) is 0 Å². The van der Waals surface area contributed by atoms with Crippen molar-refractivity contribution in [1.29, 1.82) is 0 Å². The molecule has 0 aromatic carbocycles. The van der Waals surface area contributed by atoms with Crippen LogP contribution in [0.3, 0.4) is 0 Å². The van der Waals surface area contributed by atoms with Crippen molar-refractivity contribution in [2.24, 2.45) is 5.73 Å².